The second-order valence-corrected chi connectivity index (χ2v) is 5.38. The third-order valence-electron chi connectivity index (χ3n) is 3.67. The second-order valence-electron chi connectivity index (χ2n) is 4.87. The maximum absolute atomic E-state index is 13.8. The number of carbonyl (C=O) groups excluding carboxylic acids is 1. The maximum Gasteiger partial charge on any atom is 0.257 e. The molecule has 4 heteroatoms. The minimum Gasteiger partial charge on any atom is -0.333 e. The molecule has 1 amide bonds. The van der Waals surface area contributed by atoms with E-state index in [-0.39, 0.29) is 23.6 Å². The smallest absolute Gasteiger partial charge is 0.257 e. The van der Waals surface area contributed by atoms with Crippen LogP contribution in [0, 0.1) is 5.82 Å². The molecule has 1 aliphatic heterocycles. The largest absolute Gasteiger partial charge is 0.333 e. The van der Waals surface area contributed by atoms with Gasteiger partial charge in [-0.1, -0.05) is 6.92 Å². The first-order valence-corrected chi connectivity index (χ1v) is 6.80. The van der Waals surface area contributed by atoms with Crippen molar-refractivity contribution in [1.29, 1.82) is 0 Å². The summed E-state index contributed by atoms with van der Waals surface area (Å²) >= 11 is 4.17. The molecule has 0 N–H and O–H groups in total. The molecular formula is C14H18FNOS. The molecule has 1 aromatic rings. The lowest BCUT2D eigenvalue weighted by Crippen LogP contribution is -2.40. The van der Waals surface area contributed by atoms with Crippen molar-refractivity contribution in [3.63, 3.8) is 0 Å². The molecule has 18 heavy (non-hydrogen) atoms. The molecule has 0 aromatic heterocycles. The van der Waals surface area contributed by atoms with Crippen LogP contribution in [0.25, 0.3) is 0 Å². The van der Waals surface area contributed by atoms with Crippen molar-refractivity contribution in [1.82, 2.24) is 4.90 Å². The number of hydrogen-bond acceptors (Lipinski definition) is 2. The zero-order valence-corrected chi connectivity index (χ0v) is 11.6. The first-order chi connectivity index (χ1) is 8.54. The van der Waals surface area contributed by atoms with Gasteiger partial charge in [-0.25, -0.2) is 4.39 Å². The van der Waals surface area contributed by atoms with Crippen LogP contribution in [0.4, 0.5) is 4.39 Å². The predicted molar refractivity (Wildman–Crippen MR) is 72.6 cm³/mol. The van der Waals surface area contributed by atoms with E-state index in [9.17, 15) is 9.18 Å². The fourth-order valence-electron chi connectivity index (χ4n) is 2.65. The van der Waals surface area contributed by atoms with Crippen molar-refractivity contribution < 1.29 is 9.18 Å². The van der Waals surface area contributed by atoms with Crippen LogP contribution in [0.5, 0.6) is 0 Å². The molecule has 1 fully saturated rings. The van der Waals surface area contributed by atoms with Crippen molar-refractivity contribution in [2.75, 3.05) is 0 Å². The van der Waals surface area contributed by atoms with Gasteiger partial charge in [0.15, 0.2) is 0 Å². The van der Waals surface area contributed by atoms with Crippen LogP contribution in [0.2, 0.25) is 0 Å². The molecular weight excluding hydrogens is 249 g/mol. The fraction of sp³-hybridized carbons (Fsp3) is 0.500. The van der Waals surface area contributed by atoms with Gasteiger partial charge in [0.1, 0.15) is 5.82 Å². The highest BCUT2D eigenvalue weighted by atomic mass is 32.1. The summed E-state index contributed by atoms with van der Waals surface area (Å²) in [4.78, 5) is 14.9. The number of hydrogen-bond donors (Lipinski definition) is 1. The van der Waals surface area contributed by atoms with E-state index in [1.54, 1.807) is 6.07 Å². The first kappa shape index (κ1) is 13.4. The fourth-order valence-corrected chi connectivity index (χ4v) is 2.86. The monoisotopic (exact) mass is 267 g/mol. The third kappa shape index (κ3) is 2.39. The maximum atomic E-state index is 13.8. The third-order valence-corrected chi connectivity index (χ3v) is 3.95. The highest BCUT2D eigenvalue weighted by Crippen LogP contribution is 2.28. The molecule has 1 aromatic carbocycles. The van der Waals surface area contributed by atoms with E-state index in [0.717, 1.165) is 19.3 Å². The lowest BCUT2D eigenvalue weighted by molar-refractivity contribution is 0.0671. The van der Waals surface area contributed by atoms with Crippen molar-refractivity contribution in [2.24, 2.45) is 0 Å². The number of likely N-dealkylation sites (tertiary alicyclic amines) is 1. The van der Waals surface area contributed by atoms with Crippen molar-refractivity contribution in [3.05, 3.63) is 29.6 Å². The Bertz CT molecular complexity index is 463. The molecule has 1 heterocycles. The summed E-state index contributed by atoms with van der Waals surface area (Å²) in [5.41, 5.74) is 0.134. The summed E-state index contributed by atoms with van der Waals surface area (Å²) in [5, 5.41) is 0. The molecule has 0 radical (unpaired) electrons. The minimum atomic E-state index is -0.466. The molecule has 2 rings (SSSR count). The van der Waals surface area contributed by atoms with Crippen LogP contribution in [0.1, 0.15) is 43.5 Å². The van der Waals surface area contributed by atoms with Gasteiger partial charge in [0.25, 0.3) is 5.91 Å². The number of thiol groups is 1. The number of halogens is 1. The number of carbonyl (C=O) groups is 1. The Morgan fingerprint density at radius 1 is 1.50 bits per heavy atom. The van der Waals surface area contributed by atoms with E-state index in [0.29, 0.717) is 4.90 Å². The lowest BCUT2D eigenvalue weighted by Gasteiger charge is -2.28. The van der Waals surface area contributed by atoms with E-state index in [1.165, 1.54) is 12.1 Å². The van der Waals surface area contributed by atoms with Gasteiger partial charge < -0.3 is 4.90 Å². The molecule has 0 saturated carbocycles. The summed E-state index contributed by atoms with van der Waals surface area (Å²) in [6.07, 6.45) is 2.91. The Kier molecular flexibility index (Phi) is 3.95. The average molecular weight is 267 g/mol. The minimum absolute atomic E-state index is 0.134. The number of benzene rings is 1. The molecule has 0 spiro atoms. The van der Waals surface area contributed by atoms with Gasteiger partial charge in [-0.2, -0.15) is 0 Å². The molecule has 2 atom stereocenters. The zero-order valence-electron chi connectivity index (χ0n) is 10.7. The van der Waals surface area contributed by atoms with E-state index >= 15 is 0 Å². The highest BCUT2D eigenvalue weighted by Gasteiger charge is 2.34. The van der Waals surface area contributed by atoms with Gasteiger partial charge >= 0.3 is 0 Å². The summed E-state index contributed by atoms with van der Waals surface area (Å²) in [5.74, 6) is -0.674. The molecule has 98 valence electrons. The van der Waals surface area contributed by atoms with Gasteiger partial charge in [-0.15, -0.1) is 12.6 Å². The second kappa shape index (κ2) is 5.31. The number of rotatable bonds is 2. The topological polar surface area (TPSA) is 20.3 Å². The normalized spacial score (nSPS) is 23.4. The van der Waals surface area contributed by atoms with Crippen LogP contribution < -0.4 is 0 Å². The Morgan fingerprint density at radius 3 is 2.89 bits per heavy atom. The highest BCUT2D eigenvalue weighted by molar-refractivity contribution is 7.80. The summed E-state index contributed by atoms with van der Waals surface area (Å²) in [6, 6.07) is 4.79. The van der Waals surface area contributed by atoms with Crippen LogP contribution in [-0.4, -0.2) is 22.9 Å². The van der Waals surface area contributed by atoms with E-state index in [1.807, 2.05) is 11.8 Å². The van der Waals surface area contributed by atoms with Gasteiger partial charge in [0.2, 0.25) is 0 Å². The number of nitrogens with zero attached hydrogens (tertiary/aromatic N) is 1. The Balaban J connectivity index is 2.32. The van der Waals surface area contributed by atoms with Crippen LogP contribution in [0.15, 0.2) is 23.1 Å². The first-order valence-electron chi connectivity index (χ1n) is 6.35. The summed E-state index contributed by atoms with van der Waals surface area (Å²) in [6.45, 7) is 4.09. The SMILES string of the molecule is CCC1CCC(C)N1C(=O)c1cc(S)ccc1F. The van der Waals surface area contributed by atoms with Gasteiger partial charge in [0.05, 0.1) is 5.56 Å². The molecule has 0 bridgehead atoms. The predicted octanol–water partition coefficient (Wildman–Crippen LogP) is 3.52. The van der Waals surface area contributed by atoms with Crippen LogP contribution in [0.3, 0.4) is 0 Å². The average Bonchev–Trinajstić information content (AvgIpc) is 2.72. The Morgan fingerprint density at radius 2 is 2.22 bits per heavy atom. The van der Waals surface area contributed by atoms with Gasteiger partial charge in [0, 0.05) is 17.0 Å². The quantitative estimate of drug-likeness (QED) is 0.813. The van der Waals surface area contributed by atoms with Crippen molar-refractivity contribution >= 4 is 18.5 Å². The summed E-state index contributed by atoms with van der Waals surface area (Å²) < 4.78 is 13.8. The van der Waals surface area contributed by atoms with Gasteiger partial charge in [-0.3, -0.25) is 4.79 Å². The molecule has 2 unspecified atom stereocenters. The molecule has 0 aliphatic carbocycles. The van der Waals surface area contributed by atoms with Crippen LogP contribution in [-0.2, 0) is 0 Å². The van der Waals surface area contributed by atoms with Crippen LogP contribution >= 0.6 is 12.6 Å². The molecule has 1 aliphatic rings. The van der Waals surface area contributed by atoms with Gasteiger partial charge in [-0.05, 0) is 44.4 Å². The molecule has 1 saturated heterocycles. The van der Waals surface area contributed by atoms with E-state index < -0.39 is 5.82 Å². The standard InChI is InChI=1S/C14H18FNOS/c1-3-10-5-4-9(2)16(10)14(17)12-8-11(18)6-7-13(12)15/h6-10,18H,3-5H2,1-2H3. The Labute approximate surface area is 113 Å². The van der Waals surface area contributed by atoms with E-state index in [2.05, 4.69) is 19.6 Å². The van der Waals surface area contributed by atoms with E-state index in [4.69, 9.17) is 0 Å². The number of amides is 1. The van der Waals surface area contributed by atoms with Crippen molar-refractivity contribution in [3.8, 4) is 0 Å². The summed E-state index contributed by atoms with van der Waals surface area (Å²) in [7, 11) is 0. The lowest BCUT2D eigenvalue weighted by atomic mass is 10.1. The molecule has 2 nitrogen and oxygen atoms in total. The zero-order chi connectivity index (χ0) is 13.3. The van der Waals surface area contributed by atoms with Crippen molar-refractivity contribution in [2.45, 2.75) is 50.1 Å². The Hall–Kier alpha value is -1.03.